The highest BCUT2D eigenvalue weighted by molar-refractivity contribution is 7.89. The first-order chi connectivity index (χ1) is 9.77. The number of hydrogen-bond donors (Lipinski definition) is 1. The number of rotatable bonds is 4. The third-order valence-electron chi connectivity index (χ3n) is 3.61. The minimum absolute atomic E-state index is 0.0763. The average Bonchev–Trinajstić information content (AvgIpc) is 2.64. The molecule has 0 aromatic carbocycles. The van der Waals surface area contributed by atoms with Crippen molar-refractivity contribution in [1.29, 1.82) is 0 Å². The summed E-state index contributed by atoms with van der Waals surface area (Å²) in [6.07, 6.45) is -0.256. The molecule has 0 radical (unpaired) electrons. The van der Waals surface area contributed by atoms with Crippen molar-refractivity contribution in [3.05, 3.63) is 11.4 Å². The topological polar surface area (TPSA) is 84.7 Å². The van der Waals surface area contributed by atoms with E-state index in [1.54, 1.807) is 13.8 Å². The molecular formula is C13H23N3O4S. The van der Waals surface area contributed by atoms with Crippen LogP contribution in [-0.2, 0) is 21.3 Å². The second-order valence-electron chi connectivity index (χ2n) is 5.53. The molecule has 120 valence electrons. The van der Waals surface area contributed by atoms with Crippen LogP contribution in [0.1, 0.15) is 25.2 Å². The Kier molecular flexibility index (Phi) is 4.72. The number of aromatic nitrogens is 2. The molecule has 21 heavy (non-hydrogen) atoms. The molecule has 0 amide bonds. The SMILES string of the molecule is Cc1nn(CCO)c(C)c1S(=O)(=O)N1C[C@@H](C)O[C@@H](C)C1. The van der Waals surface area contributed by atoms with Gasteiger partial charge in [0.1, 0.15) is 4.90 Å². The van der Waals surface area contributed by atoms with E-state index in [1.165, 1.54) is 8.99 Å². The molecule has 7 nitrogen and oxygen atoms in total. The van der Waals surface area contributed by atoms with Crippen molar-refractivity contribution in [3.8, 4) is 0 Å². The Morgan fingerprint density at radius 3 is 2.38 bits per heavy atom. The zero-order valence-electron chi connectivity index (χ0n) is 12.9. The second-order valence-corrected chi connectivity index (χ2v) is 7.40. The number of morpholine rings is 1. The van der Waals surface area contributed by atoms with Gasteiger partial charge in [0.25, 0.3) is 0 Å². The van der Waals surface area contributed by atoms with Gasteiger partial charge in [0.05, 0.1) is 36.7 Å². The molecule has 0 unspecified atom stereocenters. The van der Waals surface area contributed by atoms with Crippen molar-refractivity contribution in [1.82, 2.24) is 14.1 Å². The molecule has 1 aromatic heterocycles. The lowest BCUT2D eigenvalue weighted by Crippen LogP contribution is -2.48. The van der Waals surface area contributed by atoms with E-state index in [4.69, 9.17) is 9.84 Å². The van der Waals surface area contributed by atoms with E-state index in [2.05, 4.69) is 5.10 Å². The molecular weight excluding hydrogens is 294 g/mol. The van der Waals surface area contributed by atoms with Crippen molar-refractivity contribution in [3.63, 3.8) is 0 Å². The van der Waals surface area contributed by atoms with Crippen molar-refractivity contribution in [2.24, 2.45) is 0 Å². The Hall–Kier alpha value is -0.960. The summed E-state index contributed by atoms with van der Waals surface area (Å²) in [4.78, 5) is 0.247. The van der Waals surface area contributed by atoms with E-state index in [1.807, 2.05) is 13.8 Å². The molecule has 1 fully saturated rings. The Labute approximate surface area is 125 Å². The van der Waals surface area contributed by atoms with Crippen LogP contribution in [0.2, 0.25) is 0 Å². The fourth-order valence-corrected chi connectivity index (χ4v) is 4.79. The summed E-state index contributed by atoms with van der Waals surface area (Å²) < 4.78 is 34.4. The van der Waals surface area contributed by atoms with E-state index in [-0.39, 0.29) is 30.3 Å². The lowest BCUT2D eigenvalue weighted by molar-refractivity contribution is -0.0441. The number of sulfonamides is 1. The molecule has 0 saturated carbocycles. The van der Waals surface area contributed by atoms with Gasteiger partial charge in [-0.2, -0.15) is 9.40 Å². The van der Waals surface area contributed by atoms with Crippen LogP contribution in [0.4, 0.5) is 0 Å². The quantitative estimate of drug-likeness (QED) is 0.863. The van der Waals surface area contributed by atoms with E-state index >= 15 is 0 Å². The second kappa shape index (κ2) is 6.04. The van der Waals surface area contributed by atoms with Crippen molar-refractivity contribution < 1.29 is 18.3 Å². The largest absolute Gasteiger partial charge is 0.394 e. The summed E-state index contributed by atoms with van der Waals surface area (Å²) in [5, 5.41) is 13.2. The molecule has 8 heteroatoms. The van der Waals surface area contributed by atoms with Gasteiger partial charge < -0.3 is 9.84 Å². The van der Waals surface area contributed by atoms with Gasteiger partial charge in [0.2, 0.25) is 10.0 Å². The minimum Gasteiger partial charge on any atom is -0.394 e. The Morgan fingerprint density at radius 2 is 1.86 bits per heavy atom. The van der Waals surface area contributed by atoms with Gasteiger partial charge >= 0.3 is 0 Å². The molecule has 1 saturated heterocycles. The number of hydrogen-bond acceptors (Lipinski definition) is 5. The fraction of sp³-hybridized carbons (Fsp3) is 0.769. The van der Waals surface area contributed by atoms with Crippen molar-refractivity contribution in [2.75, 3.05) is 19.7 Å². The number of nitrogens with zero attached hydrogens (tertiary/aromatic N) is 3. The first-order valence-corrected chi connectivity index (χ1v) is 8.51. The molecule has 0 bridgehead atoms. The lowest BCUT2D eigenvalue weighted by atomic mass is 10.3. The van der Waals surface area contributed by atoms with Gasteiger partial charge in [0, 0.05) is 13.1 Å². The molecule has 1 aliphatic rings. The third kappa shape index (κ3) is 3.13. The van der Waals surface area contributed by atoms with Crippen molar-refractivity contribution >= 4 is 10.0 Å². The monoisotopic (exact) mass is 317 g/mol. The van der Waals surface area contributed by atoms with Gasteiger partial charge in [-0.3, -0.25) is 4.68 Å². The molecule has 0 spiro atoms. The minimum atomic E-state index is -3.60. The highest BCUT2D eigenvalue weighted by Gasteiger charge is 2.35. The van der Waals surface area contributed by atoms with Gasteiger partial charge in [-0.1, -0.05) is 0 Å². The van der Waals surface area contributed by atoms with E-state index in [9.17, 15) is 8.42 Å². The van der Waals surface area contributed by atoms with E-state index < -0.39 is 10.0 Å². The summed E-state index contributed by atoms with van der Waals surface area (Å²) in [6, 6.07) is 0. The van der Waals surface area contributed by atoms with Crippen molar-refractivity contribution in [2.45, 2.75) is 51.3 Å². The number of aliphatic hydroxyl groups is 1. The van der Waals surface area contributed by atoms with Crippen LogP contribution >= 0.6 is 0 Å². The molecule has 1 aliphatic heterocycles. The lowest BCUT2D eigenvalue weighted by Gasteiger charge is -2.34. The van der Waals surface area contributed by atoms with Crippen LogP contribution in [0.25, 0.3) is 0 Å². The molecule has 1 N–H and O–H groups in total. The molecule has 0 aliphatic carbocycles. The normalized spacial score (nSPS) is 24.4. The highest BCUT2D eigenvalue weighted by atomic mass is 32.2. The summed E-state index contributed by atoms with van der Waals surface area (Å²) in [5.74, 6) is 0. The summed E-state index contributed by atoms with van der Waals surface area (Å²) in [7, 11) is -3.60. The maximum atomic E-state index is 12.9. The van der Waals surface area contributed by atoms with Gasteiger partial charge in [-0.05, 0) is 27.7 Å². The Morgan fingerprint density at radius 1 is 1.29 bits per heavy atom. The fourth-order valence-electron chi connectivity index (χ4n) is 2.82. The first-order valence-electron chi connectivity index (χ1n) is 7.07. The van der Waals surface area contributed by atoms with Crippen LogP contribution in [0, 0.1) is 13.8 Å². The number of aliphatic hydroxyl groups excluding tert-OH is 1. The Bertz CT molecular complexity index is 601. The molecule has 2 heterocycles. The van der Waals surface area contributed by atoms with Crippen LogP contribution in [0.3, 0.4) is 0 Å². The van der Waals surface area contributed by atoms with Crippen LogP contribution in [0.15, 0.2) is 4.90 Å². The molecule has 2 rings (SSSR count). The standard InChI is InChI=1S/C13H23N3O4S/c1-9-7-15(8-10(2)20-9)21(18,19)13-11(3)14-16(5-6-17)12(13)4/h9-10,17H,5-8H2,1-4H3/t9-,10+. The third-order valence-corrected chi connectivity index (χ3v) is 5.70. The average molecular weight is 317 g/mol. The summed E-state index contributed by atoms with van der Waals surface area (Å²) >= 11 is 0. The summed E-state index contributed by atoms with van der Waals surface area (Å²) in [6.45, 7) is 8.04. The van der Waals surface area contributed by atoms with Gasteiger partial charge in [-0.25, -0.2) is 8.42 Å². The van der Waals surface area contributed by atoms with Gasteiger partial charge in [0.15, 0.2) is 0 Å². The van der Waals surface area contributed by atoms with E-state index in [0.717, 1.165) is 0 Å². The smallest absolute Gasteiger partial charge is 0.246 e. The highest BCUT2D eigenvalue weighted by Crippen LogP contribution is 2.26. The maximum Gasteiger partial charge on any atom is 0.246 e. The number of aryl methyl sites for hydroxylation is 1. The van der Waals surface area contributed by atoms with Crippen LogP contribution in [0.5, 0.6) is 0 Å². The predicted octanol–water partition coefficient (Wildman–Crippen LogP) is 0.290. The maximum absolute atomic E-state index is 12.9. The number of ether oxygens (including phenoxy) is 1. The molecule has 1 aromatic rings. The predicted molar refractivity (Wildman–Crippen MR) is 77.6 cm³/mol. The van der Waals surface area contributed by atoms with Crippen LogP contribution < -0.4 is 0 Å². The summed E-state index contributed by atoms with van der Waals surface area (Å²) in [5.41, 5.74) is 1.03. The zero-order chi connectivity index (χ0) is 15.8. The Balaban J connectivity index is 2.40. The first kappa shape index (κ1) is 16.4. The van der Waals surface area contributed by atoms with E-state index in [0.29, 0.717) is 24.5 Å². The molecule has 2 atom stereocenters. The van der Waals surface area contributed by atoms with Gasteiger partial charge in [-0.15, -0.1) is 0 Å². The van der Waals surface area contributed by atoms with Crippen LogP contribution in [-0.4, -0.2) is 59.5 Å². The zero-order valence-corrected chi connectivity index (χ0v) is 13.7.